The molecule has 1 heterocycles. The number of hydrogen-bond acceptors (Lipinski definition) is 2. The highest BCUT2D eigenvalue weighted by molar-refractivity contribution is 14.0. The van der Waals surface area contributed by atoms with Crippen molar-refractivity contribution in [1.82, 2.24) is 10.6 Å². The van der Waals surface area contributed by atoms with Gasteiger partial charge in [0.1, 0.15) is 5.82 Å². The van der Waals surface area contributed by atoms with Crippen LogP contribution < -0.4 is 10.6 Å². The Hall–Kier alpha value is -1.15. The van der Waals surface area contributed by atoms with Crippen LogP contribution in [-0.4, -0.2) is 13.0 Å². The third-order valence-electron chi connectivity index (χ3n) is 2.85. The first-order valence-electron chi connectivity index (χ1n) is 6.42. The van der Waals surface area contributed by atoms with E-state index in [4.69, 9.17) is 0 Å². The number of nitrogens with zero attached hydrogens (tertiary/aromatic N) is 1. The third-order valence-corrected chi connectivity index (χ3v) is 3.85. The number of rotatable bonds is 4. The number of thiophene rings is 1. The molecule has 2 rings (SSSR count). The summed E-state index contributed by atoms with van der Waals surface area (Å²) in [5, 5.41) is 6.32. The van der Waals surface area contributed by atoms with Gasteiger partial charge in [0.25, 0.3) is 0 Å². The Kier molecular flexibility index (Phi) is 7.66. The summed E-state index contributed by atoms with van der Waals surface area (Å²) in [7, 11) is 1.70. The van der Waals surface area contributed by atoms with Gasteiger partial charge in [0.2, 0.25) is 0 Å². The topological polar surface area (TPSA) is 36.4 Å². The van der Waals surface area contributed by atoms with Crippen LogP contribution in [0.5, 0.6) is 0 Å². The smallest absolute Gasteiger partial charge is 0.191 e. The summed E-state index contributed by atoms with van der Waals surface area (Å²) in [6, 6.07) is 10.9. The molecule has 0 unspecified atom stereocenters. The first-order chi connectivity index (χ1) is 9.69. The number of hydrogen-bond donors (Lipinski definition) is 2. The van der Waals surface area contributed by atoms with Crippen LogP contribution in [0.1, 0.15) is 15.3 Å². The molecule has 3 nitrogen and oxygen atoms in total. The predicted molar refractivity (Wildman–Crippen MR) is 97.9 cm³/mol. The standard InChI is InChI=1S/C15H18FN3S.HI/c1-11-7-8-13(20-11)10-19-15(17-2)18-9-12-5-3-4-6-14(12)16;/h3-8H,9-10H2,1-2H3,(H2,17,18,19);1H. The highest BCUT2D eigenvalue weighted by Crippen LogP contribution is 2.14. The van der Waals surface area contributed by atoms with E-state index in [0.29, 0.717) is 18.1 Å². The summed E-state index contributed by atoms with van der Waals surface area (Å²) in [5.74, 6) is 0.462. The fraction of sp³-hybridized carbons (Fsp3) is 0.267. The molecule has 0 saturated heterocycles. The molecule has 0 aliphatic heterocycles. The van der Waals surface area contributed by atoms with Crippen molar-refractivity contribution < 1.29 is 4.39 Å². The summed E-state index contributed by atoms with van der Waals surface area (Å²) >= 11 is 1.75. The van der Waals surface area contributed by atoms with E-state index < -0.39 is 0 Å². The zero-order valence-electron chi connectivity index (χ0n) is 12.0. The summed E-state index contributed by atoms with van der Waals surface area (Å²) in [6.07, 6.45) is 0. The molecule has 1 aromatic carbocycles. The van der Waals surface area contributed by atoms with Crippen LogP contribution in [0.15, 0.2) is 41.4 Å². The molecule has 21 heavy (non-hydrogen) atoms. The van der Waals surface area contributed by atoms with Crippen LogP contribution in [0.4, 0.5) is 4.39 Å². The average molecular weight is 419 g/mol. The summed E-state index contributed by atoms with van der Waals surface area (Å²) in [5.41, 5.74) is 0.627. The number of aliphatic imine (C=N–C) groups is 1. The predicted octanol–water partition coefficient (Wildman–Crippen LogP) is 3.68. The van der Waals surface area contributed by atoms with Crippen molar-refractivity contribution in [1.29, 1.82) is 0 Å². The second-order valence-corrected chi connectivity index (χ2v) is 5.76. The van der Waals surface area contributed by atoms with E-state index in [0.717, 1.165) is 6.54 Å². The SMILES string of the molecule is CN=C(NCc1ccc(C)s1)NCc1ccccc1F.I. The van der Waals surface area contributed by atoms with Crippen LogP contribution in [0, 0.1) is 12.7 Å². The van der Waals surface area contributed by atoms with E-state index in [-0.39, 0.29) is 29.8 Å². The van der Waals surface area contributed by atoms with Crippen molar-refractivity contribution in [2.45, 2.75) is 20.0 Å². The summed E-state index contributed by atoms with van der Waals surface area (Å²) in [6.45, 7) is 3.21. The van der Waals surface area contributed by atoms with Crippen molar-refractivity contribution >= 4 is 41.3 Å². The first-order valence-corrected chi connectivity index (χ1v) is 7.24. The molecular weight excluding hydrogens is 400 g/mol. The Bertz CT molecular complexity index is 598. The molecule has 0 saturated carbocycles. The highest BCUT2D eigenvalue weighted by atomic mass is 127. The van der Waals surface area contributed by atoms with Gasteiger partial charge >= 0.3 is 0 Å². The normalized spacial score (nSPS) is 10.9. The molecule has 0 amide bonds. The van der Waals surface area contributed by atoms with E-state index in [1.54, 1.807) is 30.5 Å². The van der Waals surface area contributed by atoms with Crippen molar-refractivity contribution in [2.75, 3.05) is 7.05 Å². The molecule has 0 atom stereocenters. The lowest BCUT2D eigenvalue weighted by atomic mass is 10.2. The summed E-state index contributed by atoms with van der Waals surface area (Å²) in [4.78, 5) is 6.67. The molecule has 2 N–H and O–H groups in total. The lowest BCUT2D eigenvalue weighted by molar-refractivity contribution is 0.604. The minimum absolute atomic E-state index is 0. The highest BCUT2D eigenvalue weighted by Gasteiger charge is 2.03. The molecule has 0 aliphatic rings. The lowest BCUT2D eigenvalue weighted by Crippen LogP contribution is -2.36. The lowest BCUT2D eigenvalue weighted by Gasteiger charge is -2.11. The zero-order valence-corrected chi connectivity index (χ0v) is 15.2. The van der Waals surface area contributed by atoms with Crippen molar-refractivity contribution in [2.24, 2.45) is 4.99 Å². The summed E-state index contributed by atoms with van der Waals surface area (Å²) < 4.78 is 13.5. The Labute approximate surface area is 145 Å². The number of halogens is 2. The fourth-order valence-electron chi connectivity index (χ4n) is 1.79. The maximum Gasteiger partial charge on any atom is 0.191 e. The maximum absolute atomic E-state index is 13.5. The zero-order chi connectivity index (χ0) is 14.4. The molecular formula is C15H19FIN3S. The Morgan fingerprint density at radius 3 is 2.48 bits per heavy atom. The van der Waals surface area contributed by atoms with Gasteiger partial charge in [0.05, 0.1) is 6.54 Å². The molecule has 0 fully saturated rings. The van der Waals surface area contributed by atoms with Gasteiger partial charge in [-0.15, -0.1) is 35.3 Å². The van der Waals surface area contributed by atoms with E-state index in [9.17, 15) is 4.39 Å². The van der Waals surface area contributed by atoms with Crippen molar-refractivity contribution in [3.05, 3.63) is 57.5 Å². The average Bonchev–Trinajstić information content (AvgIpc) is 2.86. The van der Waals surface area contributed by atoms with Gasteiger partial charge < -0.3 is 10.6 Å². The minimum Gasteiger partial charge on any atom is -0.352 e. The molecule has 0 radical (unpaired) electrons. The molecule has 0 spiro atoms. The van der Waals surface area contributed by atoms with Crippen LogP contribution >= 0.6 is 35.3 Å². The van der Waals surface area contributed by atoms with Gasteiger partial charge in [0.15, 0.2) is 5.96 Å². The van der Waals surface area contributed by atoms with Gasteiger partial charge in [-0.2, -0.15) is 0 Å². The molecule has 0 bridgehead atoms. The Morgan fingerprint density at radius 2 is 1.86 bits per heavy atom. The number of guanidine groups is 1. The number of nitrogens with one attached hydrogen (secondary N) is 2. The van der Waals surface area contributed by atoms with E-state index in [2.05, 4.69) is 34.7 Å². The molecule has 2 aromatic rings. The largest absolute Gasteiger partial charge is 0.352 e. The second-order valence-electron chi connectivity index (χ2n) is 4.38. The second kappa shape index (κ2) is 8.99. The monoisotopic (exact) mass is 419 g/mol. The van der Waals surface area contributed by atoms with E-state index in [1.165, 1.54) is 15.8 Å². The van der Waals surface area contributed by atoms with Gasteiger partial charge in [-0.05, 0) is 25.1 Å². The third kappa shape index (κ3) is 5.62. The van der Waals surface area contributed by atoms with Crippen LogP contribution in [0.2, 0.25) is 0 Å². The Balaban J connectivity index is 0.00000220. The van der Waals surface area contributed by atoms with E-state index >= 15 is 0 Å². The van der Waals surface area contributed by atoms with Gasteiger partial charge in [-0.3, -0.25) is 4.99 Å². The number of aryl methyl sites for hydroxylation is 1. The minimum atomic E-state index is -0.204. The van der Waals surface area contributed by atoms with E-state index in [1.807, 2.05) is 6.07 Å². The van der Waals surface area contributed by atoms with Gasteiger partial charge in [-0.25, -0.2) is 4.39 Å². The fourth-order valence-corrected chi connectivity index (χ4v) is 2.62. The molecule has 1 aromatic heterocycles. The van der Waals surface area contributed by atoms with Crippen molar-refractivity contribution in [3.63, 3.8) is 0 Å². The maximum atomic E-state index is 13.5. The quantitative estimate of drug-likeness (QED) is 0.451. The number of benzene rings is 1. The molecule has 114 valence electrons. The van der Waals surface area contributed by atoms with Crippen molar-refractivity contribution in [3.8, 4) is 0 Å². The van der Waals surface area contributed by atoms with Gasteiger partial charge in [0, 0.05) is 28.9 Å². The van der Waals surface area contributed by atoms with Crippen LogP contribution in [0.3, 0.4) is 0 Å². The van der Waals surface area contributed by atoms with Crippen LogP contribution in [0.25, 0.3) is 0 Å². The van der Waals surface area contributed by atoms with Gasteiger partial charge in [-0.1, -0.05) is 18.2 Å². The first kappa shape index (κ1) is 17.9. The molecule has 0 aliphatic carbocycles. The molecule has 6 heteroatoms. The Morgan fingerprint density at radius 1 is 1.14 bits per heavy atom. The van der Waals surface area contributed by atoms with Crippen LogP contribution in [-0.2, 0) is 13.1 Å².